The van der Waals surface area contributed by atoms with Gasteiger partial charge in [-0.2, -0.15) is 0 Å². The lowest BCUT2D eigenvalue weighted by molar-refractivity contribution is -0.133. The Morgan fingerprint density at radius 2 is 1.59 bits per heavy atom. The summed E-state index contributed by atoms with van der Waals surface area (Å²) in [6.45, 7) is 0. The Hall–Kier alpha value is -2.78. The van der Waals surface area contributed by atoms with Crippen LogP contribution in [0, 0.1) is 0 Å². The average molecular weight is 320 g/mol. The van der Waals surface area contributed by atoms with Crippen LogP contribution in [0.5, 0.6) is 0 Å². The van der Waals surface area contributed by atoms with Crippen LogP contribution in [0.15, 0.2) is 53.6 Å². The number of carbonyl (C=O) groups excluding carboxylic acids is 2. The van der Waals surface area contributed by atoms with E-state index < -0.39 is 21.8 Å². The lowest BCUT2D eigenvalue weighted by atomic mass is 10.3. The second kappa shape index (κ2) is 6.33. The summed E-state index contributed by atoms with van der Waals surface area (Å²) in [6.07, 6.45) is 1.47. The standard InChI is InChI=1S/C13H12N4O4S/c14-22(20,21)10-6-4-9(5-7-10)16-12(18)13(19)17-11-3-1-2-8-15-11/h1-8H,(H,16,18)(H2,14,20,21)(H,15,17,19). The third-order valence-corrected chi connectivity index (χ3v) is 3.48. The molecule has 0 aliphatic heterocycles. The summed E-state index contributed by atoms with van der Waals surface area (Å²) < 4.78 is 22.2. The average Bonchev–Trinajstić information content (AvgIpc) is 2.48. The number of benzene rings is 1. The molecular weight excluding hydrogens is 308 g/mol. The molecule has 114 valence electrons. The fraction of sp³-hybridized carbons (Fsp3) is 0. The second-order valence-corrected chi connectivity index (χ2v) is 5.75. The molecule has 0 aliphatic carbocycles. The predicted octanol–water partition coefficient (Wildman–Crippen LogP) is 0.306. The SMILES string of the molecule is NS(=O)(=O)c1ccc(NC(=O)C(=O)Nc2ccccn2)cc1. The summed E-state index contributed by atoms with van der Waals surface area (Å²) in [4.78, 5) is 27.1. The predicted molar refractivity (Wildman–Crippen MR) is 79.3 cm³/mol. The van der Waals surface area contributed by atoms with E-state index in [9.17, 15) is 18.0 Å². The monoisotopic (exact) mass is 320 g/mol. The number of aromatic nitrogens is 1. The van der Waals surface area contributed by atoms with E-state index >= 15 is 0 Å². The maximum absolute atomic E-state index is 11.7. The van der Waals surface area contributed by atoms with E-state index in [-0.39, 0.29) is 16.4 Å². The van der Waals surface area contributed by atoms with Gasteiger partial charge in [-0.1, -0.05) is 6.07 Å². The third kappa shape index (κ3) is 4.11. The molecular formula is C13H12N4O4S. The van der Waals surface area contributed by atoms with Crippen molar-refractivity contribution in [2.45, 2.75) is 4.90 Å². The zero-order chi connectivity index (χ0) is 16.2. The van der Waals surface area contributed by atoms with Crippen LogP contribution in [0.4, 0.5) is 11.5 Å². The van der Waals surface area contributed by atoms with E-state index in [1.165, 1.54) is 36.5 Å². The van der Waals surface area contributed by atoms with Crippen LogP contribution in [0.2, 0.25) is 0 Å². The zero-order valence-corrected chi connectivity index (χ0v) is 12.0. The Morgan fingerprint density at radius 3 is 2.14 bits per heavy atom. The number of sulfonamides is 1. The van der Waals surface area contributed by atoms with Crippen LogP contribution in [0.25, 0.3) is 0 Å². The first-order valence-electron chi connectivity index (χ1n) is 6.02. The number of nitrogens with one attached hydrogen (secondary N) is 2. The topological polar surface area (TPSA) is 131 Å². The molecule has 2 amide bonds. The Kier molecular flexibility index (Phi) is 4.49. The van der Waals surface area contributed by atoms with Gasteiger partial charge >= 0.3 is 11.8 Å². The fourth-order valence-corrected chi connectivity index (χ4v) is 2.04. The molecule has 0 saturated heterocycles. The summed E-state index contributed by atoms with van der Waals surface area (Å²) in [6, 6.07) is 9.96. The summed E-state index contributed by atoms with van der Waals surface area (Å²) in [5.41, 5.74) is 0.258. The Balaban J connectivity index is 2.01. The Morgan fingerprint density at radius 1 is 0.955 bits per heavy atom. The van der Waals surface area contributed by atoms with Gasteiger partial charge in [-0.25, -0.2) is 18.5 Å². The number of carbonyl (C=O) groups is 2. The van der Waals surface area contributed by atoms with Crippen molar-refractivity contribution in [1.82, 2.24) is 4.98 Å². The van der Waals surface area contributed by atoms with Crippen LogP contribution >= 0.6 is 0 Å². The molecule has 2 aromatic rings. The quantitative estimate of drug-likeness (QED) is 0.700. The smallest absolute Gasteiger partial charge is 0.315 e. The minimum absolute atomic E-state index is 0.0940. The number of nitrogens with zero attached hydrogens (tertiary/aromatic N) is 1. The maximum Gasteiger partial charge on any atom is 0.315 e. The Bertz CT molecular complexity index is 789. The van der Waals surface area contributed by atoms with Crippen molar-refractivity contribution < 1.29 is 18.0 Å². The normalized spacial score (nSPS) is 10.8. The van der Waals surface area contributed by atoms with Crippen molar-refractivity contribution in [2.75, 3.05) is 10.6 Å². The molecule has 0 atom stereocenters. The lowest BCUT2D eigenvalue weighted by Crippen LogP contribution is -2.29. The maximum atomic E-state index is 11.7. The van der Waals surface area contributed by atoms with Gasteiger partial charge in [0, 0.05) is 11.9 Å². The van der Waals surface area contributed by atoms with Gasteiger partial charge in [-0.15, -0.1) is 0 Å². The lowest BCUT2D eigenvalue weighted by Gasteiger charge is -2.06. The summed E-state index contributed by atoms with van der Waals surface area (Å²) in [5, 5.41) is 9.60. The van der Waals surface area contributed by atoms with Gasteiger partial charge in [0.15, 0.2) is 0 Å². The van der Waals surface area contributed by atoms with Crippen LogP contribution in [0.1, 0.15) is 0 Å². The molecule has 0 aliphatic rings. The van der Waals surface area contributed by atoms with E-state index in [0.717, 1.165) is 0 Å². The number of rotatable bonds is 3. The van der Waals surface area contributed by atoms with Crippen molar-refractivity contribution in [3.05, 3.63) is 48.7 Å². The zero-order valence-electron chi connectivity index (χ0n) is 11.2. The van der Waals surface area contributed by atoms with Gasteiger partial charge < -0.3 is 10.6 Å². The number of amides is 2. The highest BCUT2D eigenvalue weighted by Gasteiger charge is 2.15. The first kappa shape index (κ1) is 15.6. The summed E-state index contributed by atoms with van der Waals surface area (Å²) in [5.74, 6) is -1.56. The number of hydrogen-bond donors (Lipinski definition) is 3. The molecule has 4 N–H and O–H groups in total. The largest absolute Gasteiger partial charge is 0.318 e. The molecule has 0 unspecified atom stereocenters. The second-order valence-electron chi connectivity index (χ2n) is 4.19. The minimum atomic E-state index is -3.81. The first-order valence-corrected chi connectivity index (χ1v) is 7.57. The number of pyridine rings is 1. The highest BCUT2D eigenvalue weighted by molar-refractivity contribution is 7.89. The van der Waals surface area contributed by atoms with Crippen molar-refractivity contribution in [1.29, 1.82) is 0 Å². The molecule has 0 radical (unpaired) electrons. The molecule has 8 nitrogen and oxygen atoms in total. The van der Waals surface area contributed by atoms with E-state index in [0.29, 0.717) is 0 Å². The van der Waals surface area contributed by atoms with Gasteiger partial charge in [-0.3, -0.25) is 9.59 Å². The highest BCUT2D eigenvalue weighted by atomic mass is 32.2. The molecule has 1 aromatic carbocycles. The van der Waals surface area contributed by atoms with E-state index in [2.05, 4.69) is 15.6 Å². The van der Waals surface area contributed by atoms with Crippen molar-refractivity contribution >= 4 is 33.3 Å². The molecule has 1 aromatic heterocycles. The minimum Gasteiger partial charge on any atom is -0.318 e. The van der Waals surface area contributed by atoms with Crippen LogP contribution < -0.4 is 15.8 Å². The summed E-state index contributed by atoms with van der Waals surface area (Å²) >= 11 is 0. The molecule has 22 heavy (non-hydrogen) atoms. The number of hydrogen-bond acceptors (Lipinski definition) is 5. The van der Waals surface area contributed by atoms with E-state index in [1.807, 2.05) is 0 Å². The van der Waals surface area contributed by atoms with Crippen molar-refractivity contribution in [2.24, 2.45) is 5.14 Å². The third-order valence-electron chi connectivity index (χ3n) is 2.55. The molecule has 0 fully saturated rings. The molecule has 1 heterocycles. The van der Waals surface area contributed by atoms with Gasteiger partial charge in [0.25, 0.3) is 0 Å². The van der Waals surface area contributed by atoms with E-state index in [1.54, 1.807) is 12.1 Å². The van der Waals surface area contributed by atoms with Crippen LogP contribution in [0.3, 0.4) is 0 Å². The highest BCUT2D eigenvalue weighted by Crippen LogP contribution is 2.12. The summed E-state index contributed by atoms with van der Waals surface area (Å²) in [7, 11) is -3.81. The van der Waals surface area contributed by atoms with Crippen molar-refractivity contribution in [3.8, 4) is 0 Å². The van der Waals surface area contributed by atoms with Gasteiger partial charge in [0.1, 0.15) is 5.82 Å². The van der Waals surface area contributed by atoms with E-state index in [4.69, 9.17) is 5.14 Å². The van der Waals surface area contributed by atoms with Crippen LogP contribution in [-0.4, -0.2) is 25.2 Å². The first-order chi connectivity index (χ1) is 10.4. The molecule has 9 heteroatoms. The molecule has 0 saturated carbocycles. The number of anilines is 2. The van der Waals surface area contributed by atoms with Crippen LogP contribution in [-0.2, 0) is 19.6 Å². The number of primary sulfonamides is 1. The fourth-order valence-electron chi connectivity index (χ4n) is 1.53. The molecule has 2 rings (SSSR count). The van der Waals surface area contributed by atoms with Crippen molar-refractivity contribution in [3.63, 3.8) is 0 Å². The van der Waals surface area contributed by atoms with Gasteiger partial charge in [0.05, 0.1) is 4.90 Å². The van der Waals surface area contributed by atoms with Gasteiger partial charge in [-0.05, 0) is 36.4 Å². The molecule has 0 spiro atoms. The number of nitrogens with two attached hydrogens (primary N) is 1. The van der Waals surface area contributed by atoms with Gasteiger partial charge in [0.2, 0.25) is 10.0 Å². The molecule has 0 bridgehead atoms. The Labute approximate surface area is 126 Å².